The van der Waals surface area contributed by atoms with Crippen molar-refractivity contribution in [1.82, 2.24) is 4.57 Å². The number of aliphatic hydroxyl groups is 1. The third kappa shape index (κ3) is 1.67. The number of para-hydroxylation sites is 1. The lowest BCUT2D eigenvalue weighted by molar-refractivity contribution is 0.280. The molecule has 0 bridgehead atoms. The van der Waals surface area contributed by atoms with Gasteiger partial charge in [0.25, 0.3) is 0 Å². The number of hydrogen-bond donors (Lipinski definition) is 1. The number of rotatable bonds is 3. The second-order valence-electron chi connectivity index (χ2n) is 5.44. The van der Waals surface area contributed by atoms with Crippen LogP contribution in [-0.4, -0.2) is 16.3 Å². The Morgan fingerprint density at radius 3 is 2.58 bits per heavy atom. The van der Waals surface area contributed by atoms with Crippen molar-refractivity contribution in [3.05, 3.63) is 48.0 Å². The standard InChI is InChI=1S/C17H17NO/c19-10-9-18-16-4-2-1-3-14(16)15-8-7-13(11-17(15)18)12-5-6-12/h1-4,7-8,11-12,19H,5-6,9-10H2. The minimum Gasteiger partial charge on any atom is -0.395 e. The molecule has 1 aliphatic rings. The van der Waals surface area contributed by atoms with Crippen molar-refractivity contribution in [2.45, 2.75) is 25.3 Å². The number of benzene rings is 2. The number of nitrogens with zero attached hydrogens (tertiary/aromatic N) is 1. The molecule has 0 atom stereocenters. The summed E-state index contributed by atoms with van der Waals surface area (Å²) >= 11 is 0. The second kappa shape index (κ2) is 4.10. The maximum Gasteiger partial charge on any atom is 0.0610 e. The van der Waals surface area contributed by atoms with Crippen LogP contribution in [0.1, 0.15) is 24.3 Å². The van der Waals surface area contributed by atoms with Crippen LogP contribution in [0.15, 0.2) is 42.5 Å². The molecule has 0 saturated heterocycles. The first kappa shape index (κ1) is 11.1. The summed E-state index contributed by atoms with van der Waals surface area (Å²) in [6.07, 6.45) is 2.65. The van der Waals surface area contributed by atoms with E-state index < -0.39 is 0 Å². The van der Waals surface area contributed by atoms with Crippen molar-refractivity contribution in [3.63, 3.8) is 0 Å². The summed E-state index contributed by atoms with van der Waals surface area (Å²) in [5.41, 5.74) is 3.94. The molecule has 4 rings (SSSR count). The number of fused-ring (bicyclic) bond motifs is 3. The van der Waals surface area contributed by atoms with Gasteiger partial charge in [0.15, 0.2) is 0 Å². The second-order valence-corrected chi connectivity index (χ2v) is 5.44. The van der Waals surface area contributed by atoms with Gasteiger partial charge >= 0.3 is 0 Å². The quantitative estimate of drug-likeness (QED) is 0.755. The SMILES string of the molecule is OCCn1c2ccccc2c2ccc(C3CC3)cc21. The molecule has 96 valence electrons. The number of aromatic nitrogens is 1. The van der Waals surface area contributed by atoms with E-state index in [1.165, 1.54) is 40.2 Å². The summed E-state index contributed by atoms with van der Waals surface area (Å²) in [6.45, 7) is 0.847. The van der Waals surface area contributed by atoms with E-state index in [4.69, 9.17) is 0 Å². The Morgan fingerprint density at radius 1 is 1.00 bits per heavy atom. The molecule has 2 heteroatoms. The molecule has 0 unspecified atom stereocenters. The largest absolute Gasteiger partial charge is 0.395 e. The first-order valence-electron chi connectivity index (χ1n) is 7.00. The van der Waals surface area contributed by atoms with Gasteiger partial charge in [0.2, 0.25) is 0 Å². The highest BCUT2D eigenvalue weighted by Crippen LogP contribution is 2.42. The van der Waals surface area contributed by atoms with Gasteiger partial charge in [0.1, 0.15) is 0 Å². The molecular weight excluding hydrogens is 234 g/mol. The van der Waals surface area contributed by atoms with Gasteiger partial charge in [-0.3, -0.25) is 0 Å². The van der Waals surface area contributed by atoms with Crippen LogP contribution in [0.4, 0.5) is 0 Å². The van der Waals surface area contributed by atoms with E-state index in [1.54, 1.807) is 0 Å². The normalized spacial score (nSPS) is 15.4. The van der Waals surface area contributed by atoms with Crippen LogP contribution in [-0.2, 0) is 6.54 Å². The molecule has 1 N–H and O–H groups in total. The Kier molecular flexibility index (Phi) is 2.39. The highest BCUT2D eigenvalue weighted by molar-refractivity contribution is 6.08. The Balaban J connectivity index is 2.06. The first-order chi connectivity index (χ1) is 9.38. The van der Waals surface area contributed by atoms with Crippen LogP contribution in [0.25, 0.3) is 21.8 Å². The predicted molar refractivity (Wildman–Crippen MR) is 78.5 cm³/mol. The molecule has 2 aromatic carbocycles. The summed E-state index contributed by atoms with van der Waals surface area (Å²) in [4.78, 5) is 0. The predicted octanol–water partition coefficient (Wildman–Crippen LogP) is 3.66. The zero-order valence-electron chi connectivity index (χ0n) is 10.8. The van der Waals surface area contributed by atoms with Crippen molar-refractivity contribution in [3.8, 4) is 0 Å². The summed E-state index contributed by atoms with van der Waals surface area (Å²) in [6, 6.07) is 15.3. The molecule has 0 spiro atoms. The highest BCUT2D eigenvalue weighted by atomic mass is 16.3. The summed E-state index contributed by atoms with van der Waals surface area (Å²) in [5.74, 6) is 0.769. The molecule has 0 radical (unpaired) electrons. The zero-order chi connectivity index (χ0) is 12.8. The third-order valence-corrected chi connectivity index (χ3v) is 4.17. The molecule has 1 saturated carbocycles. The molecule has 1 fully saturated rings. The van der Waals surface area contributed by atoms with Crippen LogP contribution in [0.5, 0.6) is 0 Å². The molecule has 3 aromatic rings. The zero-order valence-corrected chi connectivity index (χ0v) is 10.8. The van der Waals surface area contributed by atoms with Gasteiger partial charge in [0.05, 0.1) is 6.61 Å². The van der Waals surface area contributed by atoms with Gasteiger partial charge in [-0.2, -0.15) is 0 Å². The molecular formula is C17H17NO. The van der Waals surface area contributed by atoms with Crippen LogP contribution in [0.2, 0.25) is 0 Å². The molecule has 1 aliphatic carbocycles. The van der Waals surface area contributed by atoms with Crippen molar-refractivity contribution in [2.24, 2.45) is 0 Å². The van der Waals surface area contributed by atoms with Gasteiger partial charge in [-0.1, -0.05) is 30.3 Å². The van der Waals surface area contributed by atoms with Crippen LogP contribution >= 0.6 is 0 Å². The molecule has 0 aliphatic heterocycles. The average Bonchev–Trinajstić information content (AvgIpc) is 3.25. The van der Waals surface area contributed by atoms with Crippen molar-refractivity contribution in [2.75, 3.05) is 6.61 Å². The Labute approximate surface area is 112 Å². The maximum atomic E-state index is 9.33. The summed E-state index contributed by atoms with van der Waals surface area (Å²) in [5, 5.41) is 11.9. The van der Waals surface area contributed by atoms with Crippen LogP contribution < -0.4 is 0 Å². The lowest BCUT2D eigenvalue weighted by Crippen LogP contribution is -2.01. The van der Waals surface area contributed by atoms with Gasteiger partial charge < -0.3 is 9.67 Å². The molecule has 1 aromatic heterocycles. The number of hydrogen-bond acceptors (Lipinski definition) is 1. The van der Waals surface area contributed by atoms with E-state index in [2.05, 4.69) is 47.0 Å². The Morgan fingerprint density at radius 2 is 1.79 bits per heavy atom. The fourth-order valence-electron chi connectivity index (χ4n) is 3.08. The minimum atomic E-state index is 0.182. The third-order valence-electron chi connectivity index (χ3n) is 4.17. The maximum absolute atomic E-state index is 9.33. The molecule has 19 heavy (non-hydrogen) atoms. The summed E-state index contributed by atoms with van der Waals surface area (Å²) in [7, 11) is 0. The van der Waals surface area contributed by atoms with Gasteiger partial charge in [-0.15, -0.1) is 0 Å². The molecule has 2 nitrogen and oxygen atoms in total. The Bertz CT molecular complexity index is 752. The smallest absolute Gasteiger partial charge is 0.0610 e. The minimum absolute atomic E-state index is 0.182. The van der Waals surface area contributed by atoms with Gasteiger partial charge in [0, 0.05) is 28.4 Å². The van der Waals surface area contributed by atoms with E-state index >= 15 is 0 Å². The summed E-state index contributed by atoms with van der Waals surface area (Å²) < 4.78 is 2.25. The first-order valence-corrected chi connectivity index (χ1v) is 7.00. The van der Waals surface area contributed by atoms with E-state index in [-0.39, 0.29) is 6.61 Å². The van der Waals surface area contributed by atoms with Gasteiger partial charge in [-0.05, 0) is 36.5 Å². The fourth-order valence-corrected chi connectivity index (χ4v) is 3.08. The van der Waals surface area contributed by atoms with Crippen LogP contribution in [0, 0.1) is 0 Å². The van der Waals surface area contributed by atoms with E-state index in [0.717, 1.165) is 5.92 Å². The van der Waals surface area contributed by atoms with Gasteiger partial charge in [-0.25, -0.2) is 0 Å². The fraction of sp³-hybridized carbons (Fsp3) is 0.294. The van der Waals surface area contributed by atoms with E-state index in [9.17, 15) is 5.11 Å². The van der Waals surface area contributed by atoms with Crippen LogP contribution in [0.3, 0.4) is 0 Å². The average molecular weight is 251 g/mol. The lowest BCUT2D eigenvalue weighted by Gasteiger charge is -2.06. The topological polar surface area (TPSA) is 25.2 Å². The van der Waals surface area contributed by atoms with E-state index in [0.29, 0.717) is 6.54 Å². The monoisotopic (exact) mass is 251 g/mol. The van der Waals surface area contributed by atoms with Crippen molar-refractivity contribution >= 4 is 21.8 Å². The molecule has 0 amide bonds. The highest BCUT2D eigenvalue weighted by Gasteiger charge is 2.24. The van der Waals surface area contributed by atoms with Crippen molar-refractivity contribution in [1.29, 1.82) is 0 Å². The molecule has 1 heterocycles. The lowest BCUT2D eigenvalue weighted by atomic mass is 10.1. The van der Waals surface area contributed by atoms with Crippen molar-refractivity contribution < 1.29 is 5.11 Å². The van der Waals surface area contributed by atoms with E-state index in [1.807, 2.05) is 0 Å². The number of aliphatic hydroxyl groups excluding tert-OH is 1. The Hall–Kier alpha value is -1.80.